The van der Waals surface area contributed by atoms with Crippen LogP contribution in [-0.4, -0.2) is 30.1 Å². The van der Waals surface area contributed by atoms with Crippen molar-refractivity contribution in [1.29, 1.82) is 0 Å². The van der Waals surface area contributed by atoms with Gasteiger partial charge >= 0.3 is 0 Å². The molecule has 0 bridgehead atoms. The number of aromatic nitrogens is 1. The molecular weight excluding hydrogens is 374 g/mol. The van der Waals surface area contributed by atoms with Crippen molar-refractivity contribution in [3.8, 4) is 5.75 Å². The lowest BCUT2D eigenvalue weighted by molar-refractivity contribution is -0.125. The summed E-state index contributed by atoms with van der Waals surface area (Å²) in [6.45, 7) is 4.35. The lowest BCUT2D eigenvalue weighted by Gasteiger charge is -2.32. The summed E-state index contributed by atoms with van der Waals surface area (Å²) in [5, 5.41) is 3.13. The van der Waals surface area contributed by atoms with Gasteiger partial charge in [0.05, 0.1) is 6.10 Å². The van der Waals surface area contributed by atoms with Crippen LogP contribution in [0.4, 0.5) is 5.82 Å². The van der Waals surface area contributed by atoms with Gasteiger partial charge in [0.15, 0.2) is 0 Å². The SMILES string of the molecule is Cc1ccc(N2CCC(C(=O)NCc3cccc(OC4CCCCC4)c3)CC2)nc1. The van der Waals surface area contributed by atoms with Crippen LogP contribution in [-0.2, 0) is 11.3 Å². The van der Waals surface area contributed by atoms with Crippen LogP contribution in [0.2, 0.25) is 0 Å². The van der Waals surface area contributed by atoms with Crippen molar-refractivity contribution in [3.05, 3.63) is 53.7 Å². The van der Waals surface area contributed by atoms with E-state index >= 15 is 0 Å². The number of nitrogens with one attached hydrogen (secondary N) is 1. The molecule has 30 heavy (non-hydrogen) atoms. The first-order chi connectivity index (χ1) is 14.7. The Bertz CT molecular complexity index is 823. The van der Waals surface area contributed by atoms with Crippen molar-refractivity contribution in [1.82, 2.24) is 10.3 Å². The van der Waals surface area contributed by atoms with Gasteiger partial charge in [0.2, 0.25) is 5.91 Å². The second kappa shape index (κ2) is 9.96. The number of carbonyl (C=O) groups is 1. The number of piperidine rings is 1. The first kappa shape index (κ1) is 20.7. The first-order valence-electron chi connectivity index (χ1n) is 11.4. The van der Waals surface area contributed by atoms with Crippen molar-refractivity contribution >= 4 is 11.7 Å². The Morgan fingerprint density at radius 2 is 1.90 bits per heavy atom. The van der Waals surface area contributed by atoms with Crippen molar-refractivity contribution in [3.63, 3.8) is 0 Å². The van der Waals surface area contributed by atoms with Crippen molar-refractivity contribution in [2.75, 3.05) is 18.0 Å². The summed E-state index contributed by atoms with van der Waals surface area (Å²) in [6, 6.07) is 12.3. The van der Waals surface area contributed by atoms with Gasteiger partial charge in [-0.15, -0.1) is 0 Å². The van der Waals surface area contributed by atoms with Crippen molar-refractivity contribution in [2.45, 2.75) is 64.5 Å². The molecule has 4 rings (SSSR count). The number of anilines is 1. The summed E-state index contributed by atoms with van der Waals surface area (Å²) in [5.41, 5.74) is 2.26. The molecule has 2 aliphatic rings. The van der Waals surface area contributed by atoms with E-state index in [2.05, 4.69) is 39.5 Å². The Morgan fingerprint density at radius 1 is 1.10 bits per heavy atom. The summed E-state index contributed by atoms with van der Waals surface area (Å²) in [7, 11) is 0. The van der Waals surface area contributed by atoms with Gasteiger partial charge in [-0.2, -0.15) is 0 Å². The van der Waals surface area contributed by atoms with Crippen LogP contribution in [0.15, 0.2) is 42.6 Å². The summed E-state index contributed by atoms with van der Waals surface area (Å²) in [5.74, 6) is 2.17. The zero-order chi connectivity index (χ0) is 20.8. The quantitative estimate of drug-likeness (QED) is 0.758. The summed E-state index contributed by atoms with van der Waals surface area (Å²) in [4.78, 5) is 19.5. The Balaban J connectivity index is 1.24. The van der Waals surface area contributed by atoms with Gasteiger partial charge in [-0.25, -0.2) is 4.98 Å². The number of amides is 1. The smallest absolute Gasteiger partial charge is 0.223 e. The van der Waals surface area contributed by atoms with Gasteiger partial charge in [0.25, 0.3) is 0 Å². The molecule has 0 atom stereocenters. The molecule has 1 aliphatic carbocycles. The average molecular weight is 408 g/mol. The minimum Gasteiger partial charge on any atom is -0.490 e. The molecule has 1 aliphatic heterocycles. The molecule has 2 heterocycles. The highest BCUT2D eigenvalue weighted by Crippen LogP contribution is 2.25. The number of hydrogen-bond acceptors (Lipinski definition) is 4. The summed E-state index contributed by atoms with van der Waals surface area (Å²) < 4.78 is 6.16. The molecule has 1 N–H and O–H groups in total. The number of nitrogens with zero attached hydrogens (tertiary/aromatic N) is 2. The highest BCUT2D eigenvalue weighted by Gasteiger charge is 2.25. The Hall–Kier alpha value is -2.56. The van der Waals surface area contributed by atoms with E-state index < -0.39 is 0 Å². The second-order valence-electron chi connectivity index (χ2n) is 8.70. The van der Waals surface area contributed by atoms with E-state index in [9.17, 15) is 4.79 Å². The number of carbonyl (C=O) groups excluding carboxylic acids is 1. The Kier molecular flexibility index (Phi) is 6.88. The largest absolute Gasteiger partial charge is 0.490 e. The van der Waals surface area contributed by atoms with Crippen molar-refractivity contribution < 1.29 is 9.53 Å². The average Bonchev–Trinajstić information content (AvgIpc) is 2.79. The third kappa shape index (κ3) is 5.53. The Labute approximate surface area is 179 Å². The fourth-order valence-corrected chi connectivity index (χ4v) is 4.46. The van der Waals surface area contributed by atoms with Gasteiger partial charge < -0.3 is 15.0 Å². The van der Waals surface area contributed by atoms with Crippen LogP contribution < -0.4 is 15.0 Å². The molecule has 2 aromatic rings. The topological polar surface area (TPSA) is 54.5 Å². The first-order valence-corrected chi connectivity index (χ1v) is 11.4. The third-order valence-corrected chi connectivity index (χ3v) is 6.31. The van der Waals surface area contributed by atoms with Crippen LogP contribution >= 0.6 is 0 Å². The van der Waals surface area contributed by atoms with E-state index in [4.69, 9.17) is 4.74 Å². The van der Waals surface area contributed by atoms with Gasteiger partial charge in [-0.05, 0) is 74.8 Å². The van der Waals surface area contributed by atoms with Crippen LogP contribution in [0, 0.1) is 12.8 Å². The molecule has 160 valence electrons. The maximum atomic E-state index is 12.7. The summed E-state index contributed by atoms with van der Waals surface area (Å²) >= 11 is 0. The molecule has 0 spiro atoms. The predicted molar refractivity (Wildman–Crippen MR) is 120 cm³/mol. The molecular formula is C25H33N3O2. The normalized spacial score (nSPS) is 18.2. The lowest BCUT2D eigenvalue weighted by Crippen LogP contribution is -2.40. The van der Waals surface area contributed by atoms with Gasteiger partial charge in [-0.3, -0.25) is 4.79 Å². The molecule has 0 radical (unpaired) electrons. The standard InChI is InChI=1S/C25H33N3O2/c1-19-10-11-24(26-17-19)28-14-12-21(13-15-28)25(29)27-18-20-6-5-9-23(16-20)30-22-7-3-2-4-8-22/h5-6,9-11,16-17,21-22H,2-4,7-8,12-15,18H2,1H3,(H,27,29). The Morgan fingerprint density at radius 3 is 2.63 bits per heavy atom. The molecule has 5 heteroatoms. The number of pyridine rings is 1. The molecule has 2 fully saturated rings. The van der Waals surface area contributed by atoms with Crippen LogP contribution in [0.1, 0.15) is 56.1 Å². The molecule has 5 nitrogen and oxygen atoms in total. The van der Waals surface area contributed by atoms with E-state index in [0.717, 1.165) is 55.9 Å². The maximum Gasteiger partial charge on any atom is 0.223 e. The fraction of sp³-hybridized carbons (Fsp3) is 0.520. The minimum absolute atomic E-state index is 0.0772. The molecule has 1 saturated carbocycles. The minimum atomic E-state index is 0.0772. The number of benzene rings is 1. The lowest BCUT2D eigenvalue weighted by atomic mass is 9.95. The molecule has 0 unspecified atom stereocenters. The molecule has 1 amide bonds. The van der Waals surface area contributed by atoms with E-state index in [1.807, 2.05) is 25.3 Å². The third-order valence-electron chi connectivity index (χ3n) is 6.31. The second-order valence-corrected chi connectivity index (χ2v) is 8.70. The number of rotatable bonds is 6. The van der Waals surface area contributed by atoms with Crippen molar-refractivity contribution in [2.24, 2.45) is 5.92 Å². The van der Waals surface area contributed by atoms with Gasteiger partial charge in [-0.1, -0.05) is 24.6 Å². The van der Waals surface area contributed by atoms with Crippen LogP contribution in [0.5, 0.6) is 5.75 Å². The molecule has 1 saturated heterocycles. The number of ether oxygens (including phenoxy) is 1. The van der Waals surface area contributed by atoms with Crippen LogP contribution in [0.25, 0.3) is 0 Å². The summed E-state index contributed by atoms with van der Waals surface area (Å²) in [6.07, 6.45) is 10.1. The zero-order valence-corrected chi connectivity index (χ0v) is 18.0. The van der Waals surface area contributed by atoms with E-state index in [1.54, 1.807) is 0 Å². The fourth-order valence-electron chi connectivity index (χ4n) is 4.46. The predicted octanol–water partition coefficient (Wildman–Crippen LogP) is 4.63. The van der Waals surface area contributed by atoms with Gasteiger partial charge in [0.1, 0.15) is 11.6 Å². The van der Waals surface area contributed by atoms with E-state index in [-0.39, 0.29) is 11.8 Å². The highest BCUT2D eigenvalue weighted by molar-refractivity contribution is 5.79. The molecule has 1 aromatic carbocycles. The van der Waals surface area contributed by atoms with E-state index in [0.29, 0.717) is 12.6 Å². The maximum absolute atomic E-state index is 12.7. The van der Waals surface area contributed by atoms with E-state index in [1.165, 1.54) is 24.8 Å². The monoisotopic (exact) mass is 407 g/mol. The zero-order valence-electron chi connectivity index (χ0n) is 18.0. The van der Waals surface area contributed by atoms with Gasteiger partial charge in [0, 0.05) is 31.7 Å². The number of aryl methyl sites for hydroxylation is 1. The molecule has 1 aromatic heterocycles. The number of hydrogen-bond donors (Lipinski definition) is 1. The highest BCUT2D eigenvalue weighted by atomic mass is 16.5. The van der Waals surface area contributed by atoms with Crippen LogP contribution in [0.3, 0.4) is 0 Å².